The van der Waals surface area contributed by atoms with E-state index < -0.39 is 11.7 Å². The standard InChI is InChI=1S/C19H26FN3O4/c1-5-8-21-17-23-15-7-6-14(9-16(15)26-17)25-12-13(10-20)11-22-18(24)27-19(2,3)4/h6-7,9-10H,5,8,11-12H2,1-4H3,(H,21,23)(H,22,24)/b13-10+. The highest BCUT2D eigenvalue weighted by atomic mass is 19.1. The summed E-state index contributed by atoms with van der Waals surface area (Å²) >= 11 is 0. The summed E-state index contributed by atoms with van der Waals surface area (Å²) in [6.45, 7) is 8.05. The zero-order chi connectivity index (χ0) is 19.9. The van der Waals surface area contributed by atoms with Crippen LogP contribution in [0.3, 0.4) is 0 Å². The van der Waals surface area contributed by atoms with Gasteiger partial charge in [-0.15, -0.1) is 0 Å². The van der Waals surface area contributed by atoms with Crippen molar-refractivity contribution < 1.29 is 23.1 Å². The predicted molar refractivity (Wildman–Crippen MR) is 102 cm³/mol. The van der Waals surface area contributed by atoms with Crippen LogP contribution in [0.2, 0.25) is 0 Å². The van der Waals surface area contributed by atoms with Crippen LogP contribution in [0.5, 0.6) is 5.75 Å². The van der Waals surface area contributed by atoms with E-state index in [0.717, 1.165) is 13.0 Å². The molecule has 0 saturated heterocycles. The number of oxazole rings is 1. The van der Waals surface area contributed by atoms with Crippen LogP contribution in [0.25, 0.3) is 11.1 Å². The molecule has 1 amide bonds. The lowest BCUT2D eigenvalue weighted by atomic mass is 10.2. The highest BCUT2D eigenvalue weighted by molar-refractivity contribution is 5.76. The Morgan fingerprint density at radius 3 is 2.81 bits per heavy atom. The third-order valence-electron chi connectivity index (χ3n) is 3.32. The molecule has 0 aliphatic heterocycles. The number of benzene rings is 1. The fourth-order valence-corrected chi connectivity index (χ4v) is 2.10. The van der Waals surface area contributed by atoms with Crippen LogP contribution >= 0.6 is 0 Å². The number of ether oxygens (including phenoxy) is 2. The Kier molecular flexibility index (Phi) is 7.04. The van der Waals surface area contributed by atoms with Crippen molar-refractivity contribution in [2.24, 2.45) is 0 Å². The largest absolute Gasteiger partial charge is 0.489 e. The molecule has 8 heteroatoms. The predicted octanol–water partition coefficient (Wildman–Crippen LogP) is 4.41. The maximum atomic E-state index is 13.1. The number of rotatable bonds is 8. The summed E-state index contributed by atoms with van der Waals surface area (Å²) < 4.78 is 29.3. The van der Waals surface area contributed by atoms with Gasteiger partial charge in [0.1, 0.15) is 23.5 Å². The highest BCUT2D eigenvalue weighted by Gasteiger charge is 2.16. The van der Waals surface area contributed by atoms with E-state index >= 15 is 0 Å². The number of halogens is 1. The number of alkyl carbamates (subject to hydrolysis) is 1. The molecule has 0 aliphatic carbocycles. The zero-order valence-corrected chi connectivity index (χ0v) is 16.1. The van der Waals surface area contributed by atoms with E-state index in [1.807, 2.05) is 0 Å². The first-order valence-corrected chi connectivity index (χ1v) is 8.83. The lowest BCUT2D eigenvalue weighted by molar-refractivity contribution is 0.0531. The Balaban J connectivity index is 1.89. The maximum absolute atomic E-state index is 13.1. The Morgan fingerprint density at radius 1 is 1.37 bits per heavy atom. The van der Waals surface area contributed by atoms with E-state index in [4.69, 9.17) is 13.9 Å². The molecule has 27 heavy (non-hydrogen) atoms. The molecule has 0 radical (unpaired) electrons. The molecular formula is C19H26FN3O4. The first-order chi connectivity index (χ1) is 12.8. The van der Waals surface area contributed by atoms with Crippen LogP contribution in [0.4, 0.5) is 15.2 Å². The quantitative estimate of drug-likeness (QED) is 0.707. The monoisotopic (exact) mass is 379 g/mol. The normalized spacial score (nSPS) is 12.1. The molecule has 1 heterocycles. The molecule has 1 aromatic heterocycles. The topological polar surface area (TPSA) is 85.6 Å². The van der Waals surface area contributed by atoms with Crippen LogP contribution in [0.15, 0.2) is 34.5 Å². The molecule has 2 rings (SSSR count). The van der Waals surface area contributed by atoms with Gasteiger partial charge < -0.3 is 24.5 Å². The molecule has 2 N–H and O–H groups in total. The highest BCUT2D eigenvalue weighted by Crippen LogP contribution is 2.24. The van der Waals surface area contributed by atoms with E-state index in [2.05, 4.69) is 22.5 Å². The third kappa shape index (κ3) is 6.80. The van der Waals surface area contributed by atoms with Gasteiger partial charge in [-0.05, 0) is 39.3 Å². The number of hydrogen-bond acceptors (Lipinski definition) is 6. The minimum atomic E-state index is -0.614. The Morgan fingerprint density at radius 2 is 2.15 bits per heavy atom. The number of carbonyl (C=O) groups is 1. The van der Waals surface area contributed by atoms with E-state index in [1.165, 1.54) is 0 Å². The van der Waals surface area contributed by atoms with Crippen molar-refractivity contribution in [3.8, 4) is 5.75 Å². The average Bonchev–Trinajstić information content (AvgIpc) is 3.00. The zero-order valence-electron chi connectivity index (χ0n) is 16.1. The van der Waals surface area contributed by atoms with Gasteiger partial charge in [0, 0.05) is 24.7 Å². The van der Waals surface area contributed by atoms with Crippen LogP contribution in [0.1, 0.15) is 34.1 Å². The van der Waals surface area contributed by atoms with E-state index in [9.17, 15) is 9.18 Å². The second-order valence-electron chi connectivity index (χ2n) is 6.99. The van der Waals surface area contributed by atoms with Crippen molar-refractivity contribution >= 4 is 23.2 Å². The number of nitrogens with one attached hydrogen (secondary N) is 2. The van der Waals surface area contributed by atoms with Crippen LogP contribution < -0.4 is 15.4 Å². The lowest BCUT2D eigenvalue weighted by Gasteiger charge is -2.20. The van der Waals surface area contributed by atoms with Gasteiger partial charge in [0.2, 0.25) is 0 Å². The van der Waals surface area contributed by atoms with Crippen molar-refractivity contribution in [1.29, 1.82) is 0 Å². The summed E-state index contributed by atoms with van der Waals surface area (Å²) in [7, 11) is 0. The summed E-state index contributed by atoms with van der Waals surface area (Å²) in [5, 5.41) is 5.57. The summed E-state index contributed by atoms with van der Waals surface area (Å²) in [6.07, 6.45) is 0.761. The van der Waals surface area contributed by atoms with Crippen molar-refractivity contribution in [2.75, 3.05) is 25.0 Å². The van der Waals surface area contributed by atoms with Crippen molar-refractivity contribution in [3.05, 3.63) is 30.1 Å². The molecule has 0 unspecified atom stereocenters. The number of nitrogens with zero attached hydrogens (tertiary/aromatic N) is 1. The second kappa shape index (κ2) is 9.25. The fourth-order valence-electron chi connectivity index (χ4n) is 2.10. The van der Waals surface area contributed by atoms with E-state index in [-0.39, 0.29) is 18.7 Å². The molecule has 2 aromatic rings. The number of amides is 1. The molecule has 7 nitrogen and oxygen atoms in total. The molecule has 0 fully saturated rings. The first kappa shape index (κ1) is 20.5. The Hall–Kier alpha value is -2.77. The summed E-state index contributed by atoms with van der Waals surface area (Å²) in [5.41, 5.74) is 0.929. The molecule has 0 bridgehead atoms. The van der Waals surface area contributed by atoms with Gasteiger partial charge in [-0.1, -0.05) is 6.92 Å². The van der Waals surface area contributed by atoms with Crippen LogP contribution in [0, 0.1) is 0 Å². The third-order valence-corrected chi connectivity index (χ3v) is 3.32. The average molecular weight is 379 g/mol. The first-order valence-electron chi connectivity index (χ1n) is 8.83. The lowest BCUT2D eigenvalue weighted by Crippen LogP contribution is -2.34. The second-order valence-corrected chi connectivity index (χ2v) is 6.99. The van der Waals surface area contributed by atoms with Gasteiger partial charge in [-0.25, -0.2) is 9.18 Å². The van der Waals surface area contributed by atoms with Crippen LogP contribution in [-0.4, -0.2) is 36.4 Å². The van der Waals surface area contributed by atoms with Gasteiger partial charge >= 0.3 is 6.09 Å². The molecule has 0 aliphatic rings. The molecule has 148 valence electrons. The van der Waals surface area contributed by atoms with Crippen LogP contribution in [-0.2, 0) is 4.74 Å². The van der Waals surface area contributed by atoms with Gasteiger partial charge in [0.15, 0.2) is 5.58 Å². The number of anilines is 1. The minimum absolute atomic E-state index is 0.0128. The minimum Gasteiger partial charge on any atom is -0.489 e. The van der Waals surface area contributed by atoms with Crippen molar-refractivity contribution in [2.45, 2.75) is 39.7 Å². The maximum Gasteiger partial charge on any atom is 0.407 e. The summed E-state index contributed by atoms with van der Waals surface area (Å²) in [6, 6.07) is 5.64. The van der Waals surface area contributed by atoms with Gasteiger partial charge in [-0.3, -0.25) is 0 Å². The molecule has 0 spiro atoms. The number of carbonyl (C=O) groups excluding carboxylic acids is 1. The van der Waals surface area contributed by atoms with Crippen molar-refractivity contribution in [1.82, 2.24) is 10.3 Å². The molecule has 0 saturated carbocycles. The molecular weight excluding hydrogens is 353 g/mol. The molecule has 0 atom stereocenters. The number of fused-ring (bicyclic) bond motifs is 1. The van der Waals surface area contributed by atoms with Gasteiger partial charge in [-0.2, -0.15) is 4.98 Å². The molecule has 1 aromatic carbocycles. The number of aromatic nitrogens is 1. The van der Waals surface area contributed by atoms with Crippen molar-refractivity contribution in [3.63, 3.8) is 0 Å². The Bertz CT molecular complexity index is 796. The van der Waals surface area contributed by atoms with Gasteiger partial charge in [0.25, 0.3) is 6.01 Å². The smallest absolute Gasteiger partial charge is 0.407 e. The number of hydrogen-bond donors (Lipinski definition) is 2. The summed E-state index contributed by atoms with van der Waals surface area (Å²) in [5.74, 6) is 0.511. The SMILES string of the molecule is CCCNc1nc2ccc(OC/C(=C/F)CNC(=O)OC(C)(C)C)cc2o1. The van der Waals surface area contributed by atoms with E-state index in [1.54, 1.807) is 39.0 Å². The van der Waals surface area contributed by atoms with E-state index in [0.29, 0.717) is 29.2 Å². The Labute approximate surface area is 157 Å². The fraction of sp³-hybridized carbons (Fsp3) is 0.474. The summed E-state index contributed by atoms with van der Waals surface area (Å²) in [4.78, 5) is 15.9. The van der Waals surface area contributed by atoms with Gasteiger partial charge in [0.05, 0.1) is 6.33 Å².